The predicted molar refractivity (Wildman–Crippen MR) is 69.0 cm³/mol. The zero-order valence-electron chi connectivity index (χ0n) is 9.27. The molecule has 1 aromatic carbocycles. The molecule has 84 valence electrons. The molecule has 0 N–H and O–H groups in total. The Labute approximate surface area is 103 Å². The SMILES string of the molecule is Cc1ccc(C=C2C(=O)Oc3ccccc32)s1. The number of benzene rings is 1. The van der Waals surface area contributed by atoms with Crippen LogP contribution in [0.5, 0.6) is 5.75 Å². The smallest absolute Gasteiger partial charge is 0.344 e. The first-order valence-electron chi connectivity index (χ1n) is 5.34. The molecule has 2 heterocycles. The molecule has 0 radical (unpaired) electrons. The fraction of sp³-hybridized carbons (Fsp3) is 0.0714. The summed E-state index contributed by atoms with van der Waals surface area (Å²) in [5, 5.41) is 0. The van der Waals surface area contributed by atoms with Crippen LogP contribution in [-0.2, 0) is 4.79 Å². The number of hydrogen-bond acceptors (Lipinski definition) is 3. The number of thiophene rings is 1. The number of rotatable bonds is 1. The van der Waals surface area contributed by atoms with Crippen LogP contribution in [0.1, 0.15) is 15.3 Å². The Kier molecular flexibility index (Phi) is 2.34. The molecule has 3 heteroatoms. The van der Waals surface area contributed by atoms with Crippen LogP contribution in [0.15, 0.2) is 36.4 Å². The minimum absolute atomic E-state index is 0.266. The standard InChI is InChI=1S/C14H10O2S/c1-9-6-7-10(17-9)8-12-11-4-2-3-5-13(11)16-14(12)15/h2-8H,1H3. The molecule has 0 unspecified atom stereocenters. The third-order valence-electron chi connectivity index (χ3n) is 2.65. The van der Waals surface area contributed by atoms with Crippen molar-refractivity contribution in [2.45, 2.75) is 6.92 Å². The number of ether oxygens (including phenoxy) is 1. The number of esters is 1. The molecule has 1 aromatic heterocycles. The maximum absolute atomic E-state index is 11.8. The lowest BCUT2D eigenvalue weighted by Crippen LogP contribution is -1.99. The Morgan fingerprint density at radius 3 is 2.76 bits per heavy atom. The minimum Gasteiger partial charge on any atom is -0.422 e. The fourth-order valence-electron chi connectivity index (χ4n) is 1.85. The molecule has 0 amide bonds. The van der Waals surface area contributed by atoms with Crippen LogP contribution in [-0.4, -0.2) is 5.97 Å². The first kappa shape index (κ1) is 10.3. The van der Waals surface area contributed by atoms with E-state index in [4.69, 9.17) is 4.74 Å². The van der Waals surface area contributed by atoms with Crippen LogP contribution in [0.2, 0.25) is 0 Å². The summed E-state index contributed by atoms with van der Waals surface area (Å²) in [6.07, 6.45) is 1.89. The van der Waals surface area contributed by atoms with E-state index >= 15 is 0 Å². The van der Waals surface area contributed by atoms with Crippen molar-refractivity contribution >= 4 is 29.0 Å². The van der Waals surface area contributed by atoms with Crippen LogP contribution in [0.3, 0.4) is 0 Å². The van der Waals surface area contributed by atoms with Crippen molar-refractivity contribution in [2.24, 2.45) is 0 Å². The van der Waals surface area contributed by atoms with Crippen molar-refractivity contribution in [1.82, 2.24) is 0 Å². The van der Waals surface area contributed by atoms with E-state index in [-0.39, 0.29) is 5.97 Å². The Balaban J connectivity index is 2.09. The van der Waals surface area contributed by atoms with Crippen molar-refractivity contribution in [3.63, 3.8) is 0 Å². The molecule has 1 aliphatic heterocycles. The van der Waals surface area contributed by atoms with Crippen molar-refractivity contribution in [1.29, 1.82) is 0 Å². The molecule has 17 heavy (non-hydrogen) atoms. The van der Waals surface area contributed by atoms with Crippen LogP contribution >= 0.6 is 11.3 Å². The highest BCUT2D eigenvalue weighted by Gasteiger charge is 2.26. The molecule has 2 aromatic rings. The minimum atomic E-state index is -0.266. The summed E-state index contributed by atoms with van der Waals surface area (Å²) in [5.41, 5.74) is 1.52. The largest absolute Gasteiger partial charge is 0.422 e. The van der Waals surface area contributed by atoms with Gasteiger partial charge in [0.1, 0.15) is 5.75 Å². The average Bonchev–Trinajstić information content (AvgIpc) is 2.85. The Bertz CT molecular complexity index is 623. The Morgan fingerprint density at radius 2 is 2.00 bits per heavy atom. The Hall–Kier alpha value is -1.87. The topological polar surface area (TPSA) is 26.3 Å². The van der Waals surface area contributed by atoms with Crippen molar-refractivity contribution in [3.8, 4) is 5.75 Å². The molecule has 0 saturated carbocycles. The van der Waals surface area contributed by atoms with Crippen LogP contribution in [0.4, 0.5) is 0 Å². The number of fused-ring (bicyclic) bond motifs is 1. The number of carbonyl (C=O) groups excluding carboxylic acids is 1. The van der Waals surface area contributed by atoms with E-state index in [2.05, 4.69) is 0 Å². The number of para-hydroxylation sites is 1. The summed E-state index contributed by atoms with van der Waals surface area (Å²) in [5.74, 6) is 0.384. The second-order valence-corrected chi connectivity index (χ2v) is 5.21. The maximum atomic E-state index is 11.8. The summed E-state index contributed by atoms with van der Waals surface area (Å²) in [6, 6.07) is 11.6. The van der Waals surface area contributed by atoms with E-state index in [9.17, 15) is 4.79 Å². The highest BCUT2D eigenvalue weighted by Crippen LogP contribution is 2.35. The summed E-state index contributed by atoms with van der Waals surface area (Å²) in [6.45, 7) is 2.05. The summed E-state index contributed by atoms with van der Waals surface area (Å²) >= 11 is 1.67. The number of hydrogen-bond donors (Lipinski definition) is 0. The zero-order valence-corrected chi connectivity index (χ0v) is 10.1. The van der Waals surface area contributed by atoms with Gasteiger partial charge in [-0.2, -0.15) is 0 Å². The molecule has 2 nitrogen and oxygen atoms in total. The fourth-order valence-corrected chi connectivity index (χ4v) is 2.67. The van der Waals surface area contributed by atoms with Gasteiger partial charge < -0.3 is 4.74 Å². The monoisotopic (exact) mass is 242 g/mol. The third kappa shape index (κ3) is 1.78. The van der Waals surface area contributed by atoms with Gasteiger partial charge in [-0.25, -0.2) is 4.79 Å². The lowest BCUT2D eigenvalue weighted by atomic mass is 10.1. The van der Waals surface area contributed by atoms with E-state index in [0.29, 0.717) is 11.3 Å². The molecule has 1 aliphatic rings. The Morgan fingerprint density at radius 1 is 1.18 bits per heavy atom. The van der Waals surface area contributed by atoms with Gasteiger partial charge in [0.05, 0.1) is 5.57 Å². The van der Waals surface area contributed by atoms with Gasteiger partial charge in [-0.3, -0.25) is 0 Å². The van der Waals surface area contributed by atoms with Gasteiger partial charge >= 0.3 is 5.97 Å². The van der Waals surface area contributed by atoms with Gasteiger partial charge in [-0.1, -0.05) is 18.2 Å². The molecule has 0 atom stereocenters. The molecular formula is C14H10O2S. The molecule has 0 bridgehead atoms. The normalized spacial score (nSPS) is 16.1. The molecule has 0 saturated heterocycles. The second kappa shape index (κ2) is 3.86. The first-order chi connectivity index (χ1) is 8.24. The summed E-state index contributed by atoms with van der Waals surface area (Å²) < 4.78 is 5.20. The van der Waals surface area contributed by atoms with Gasteiger partial charge in [0.2, 0.25) is 0 Å². The molecule has 0 fully saturated rings. The first-order valence-corrected chi connectivity index (χ1v) is 6.15. The zero-order chi connectivity index (χ0) is 11.8. The lowest BCUT2D eigenvalue weighted by Gasteiger charge is -1.93. The predicted octanol–water partition coefficient (Wildman–Crippen LogP) is 3.52. The summed E-state index contributed by atoms with van der Waals surface area (Å²) in [4.78, 5) is 14.1. The van der Waals surface area contributed by atoms with Gasteiger partial charge in [0.25, 0.3) is 0 Å². The highest BCUT2D eigenvalue weighted by atomic mass is 32.1. The highest BCUT2D eigenvalue weighted by molar-refractivity contribution is 7.12. The van der Waals surface area contributed by atoms with Crippen molar-refractivity contribution in [2.75, 3.05) is 0 Å². The third-order valence-corrected chi connectivity index (χ3v) is 3.60. The molecule has 3 rings (SSSR count). The second-order valence-electron chi connectivity index (χ2n) is 3.89. The quantitative estimate of drug-likeness (QED) is 0.434. The van der Waals surface area contributed by atoms with Crippen LogP contribution in [0, 0.1) is 6.92 Å². The molecule has 0 aliphatic carbocycles. The van der Waals surface area contributed by atoms with Gasteiger partial charge in [0.15, 0.2) is 0 Å². The van der Waals surface area contributed by atoms with Gasteiger partial charge in [-0.05, 0) is 31.2 Å². The van der Waals surface area contributed by atoms with Crippen LogP contribution in [0.25, 0.3) is 11.6 Å². The molecule has 0 spiro atoms. The van der Waals surface area contributed by atoms with Gasteiger partial charge in [-0.15, -0.1) is 11.3 Å². The average molecular weight is 242 g/mol. The molecular weight excluding hydrogens is 232 g/mol. The van der Waals surface area contributed by atoms with Crippen molar-refractivity contribution < 1.29 is 9.53 Å². The van der Waals surface area contributed by atoms with E-state index in [0.717, 1.165) is 10.4 Å². The van der Waals surface area contributed by atoms with E-state index in [1.54, 1.807) is 11.3 Å². The van der Waals surface area contributed by atoms with E-state index < -0.39 is 0 Å². The maximum Gasteiger partial charge on any atom is 0.344 e. The van der Waals surface area contributed by atoms with Crippen molar-refractivity contribution in [3.05, 3.63) is 51.7 Å². The lowest BCUT2D eigenvalue weighted by molar-refractivity contribution is -0.126. The number of aryl methyl sites for hydroxylation is 1. The van der Waals surface area contributed by atoms with E-state index in [1.807, 2.05) is 49.4 Å². The van der Waals surface area contributed by atoms with Gasteiger partial charge in [0, 0.05) is 15.3 Å². The van der Waals surface area contributed by atoms with E-state index in [1.165, 1.54) is 4.88 Å². The van der Waals surface area contributed by atoms with Crippen LogP contribution < -0.4 is 4.74 Å². The number of carbonyl (C=O) groups is 1. The summed E-state index contributed by atoms with van der Waals surface area (Å²) in [7, 11) is 0.